The Morgan fingerprint density at radius 1 is 0.844 bits per heavy atom. The van der Waals surface area contributed by atoms with E-state index in [-0.39, 0.29) is 29.5 Å². The van der Waals surface area contributed by atoms with Crippen molar-refractivity contribution in [3.63, 3.8) is 0 Å². The number of hydrogen-bond donors (Lipinski definition) is 1. The Labute approximate surface area is 265 Å². The summed E-state index contributed by atoms with van der Waals surface area (Å²) < 4.78 is 44.3. The zero-order valence-corrected chi connectivity index (χ0v) is 26.9. The standard InChI is InChI=1S/C36H40FN3O4S/c1-5-28(4)38-36(42)34(23-29-13-7-6-8-14-29)39(24-30-15-9-10-17-33(30)37)35(41)25-40(31-16-11-12-27(3)22-31)45(43,44)32-20-18-26(2)19-21-32/h6-22,28,34H,5,23-25H2,1-4H3,(H,38,42)/t28-,34-/m0/s1. The van der Waals surface area contributed by atoms with Crippen molar-refractivity contribution in [1.29, 1.82) is 0 Å². The number of nitrogens with one attached hydrogen (secondary N) is 1. The first-order chi connectivity index (χ1) is 21.5. The van der Waals surface area contributed by atoms with E-state index < -0.39 is 40.2 Å². The largest absolute Gasteiger partial charge is 0.352 e. The number of carbonyl (C=O) groups is 2. The van der Waals surface area contributed by atoms with E-state index in [2.05, 4.69) is 5.32 Å². The number of nitrogens with zero attached hydrogens (tertiary/aromatic N) is 2. The third kappa shape index (κ3) is 8.57. The Kier molecular flexibility index (Phi) is 11.1. The van der Waals surface area contributed by atoms with E-state index >= 15 is 4.39 Å². The molecule has 0 bridgehead atoms. The molecular weight excluding hydrogens is 589 g/mol. The summed E-state index contributed by atoms with van der Waals surface area (Å²) >= 11 is 0. The zero-order valence-electron chi connectivity index (χ0n) is 26.1. The Morgan fingerprint density at radius 2 is 1.51 bits per heavy atom. The summed E-state index contributed by atoms with van der Waals surface area (Å²) in [6.07, 6.45) is 0.819. The fourth-order valence-corrected chi connectivity index (χ4v) is 6.36. The summed E-state index contributed by atoms with van der Waals surface area (Å²) in [4.78, 5) is 29.7. The van der Waals surface area contributed by atoms with E-state index in [1.54, 1.807) is 48.5 Å². The minimum absolute atomic E-state index is 0.0263. The number of rotatable bonds is 13. The number of halogens is 1. The second-order valence-electron chi connectivity index (χ2n) is 11.3. The summed E-state index contributed by atoms with van der Waals surface area (Å²) in [5, 5.41) is 2.98. The fourth-order valence-electron chi connectivity index (χ4n) is 4.95. The van der Waals surface area contributed by atoms with E-state index in [1.807, 2.05) is 64.1 Å². The average Bonchev–Trinajstić information content (AvgIpc) is 3.02. The molecular formula is C36H40FN3O4S. The number of aryl methyl sites for hydroxylation is 2. The van der Waals surface area contributed by atoms with Gasteiger partial charge in [-0.15, -0.1) is 0 Å². The van der Waals surface area contributed by atoms with E-state index in [9.17, 15) is 18.0 Å². The zero-order chi connectivity index (χ0) is 32.6. The third-order valence-corrected chi connectivity index (χ3v) is 9.54. The van der Waals surface area contributed by atoms with E-state index in [4.69, 9.17) is 0 Å². The molecule has 4 aromatic rings. The quantitative estimate of drug-likeness (QED) is 0.191. The van der Waals surface area contributed by atoms with Gasteiger partial charge in [-0.1, -0.05) is 85.3 Å². The lowest BCUT2D eigenvalue weighted by Crippen LogP contribution is -2.54. The highest BCUT2D eigenvalue weighted by molar-refractivity contribution is 7.92. The molecule has 0 spiro atoms. The maximum Gasteiger partial charge on any atom is 0.264 e. The van der Waals surface area contributed by atoms with Gasteiger partial charge in [-0.2, -0.15) is 0 Å². The van der Waals surface area contributed by atoms with Crippen LogP contribution in [0.1, 0.15) is 42.5 Å². The molecule has 0 radical (unpaired) electrons. The number of anilines is 1. The van der Waals surface area contributed by atoms with Crippen LogP contribution in [0.25, 0.3) is 0 Å². The lowest BCUT2D eigenvalue weighted by Gasteiger charge is -2.34. The highest BCUT2D eigenvalue weighted by Gasteiger charge is 2.35. The van der Waals surface area contributed by atoms with Crippen LogP contribution < -0.4 is 9.62 Å². The maximum absolute atomic E-state index is 15.0. The molecule has 2 atom stereocenters. The maximum atomic E-state index is 15.0. The smallest absolute Gasteiger partial charge is 0.264 e. The van der Waals surface area contributed by atoms with Crippen LogP contribution in [0.2, 0.25) is 0 Å². The van der Waals surface area contributed by atoms with Crippen molar-refractivity contribution in [2.45, 2.75) is 64.1 Å². The van der Waals surface area contributed by atoms with Gasteiger partial charge < -0.3 is 10.2 Å². The molecule has 0 fully saturated rings. The van der Waals surface area contributed by atoms with Gasteiger partial charge >= 0.3 is 0 Å². The number of amides is 2. The number of hydrogen-bond acceptors (Lipinski definition) is 4. The molecule has 0 saturated heterocycles. The van der Waals surface area contributed by atoms with Crippen molar-refractivity contribution in [3.05, 3.63) is 131 Å². The molecule has 1 N–H and O–H groups in total. The van der Waals surface area contributed by atoms with Gasteiger partial charge in [-0.25, -0.2) is 12.8 Å². The van der Waals surface area contributed by atoms with Crippen molar-refractivity contribution in [2.24, 2.45) is 0 Å². The van der Waals surface area contributed by atoms with Gasteiger partial charge in [0.2, 0.25) is 11.8 Å². The summed E-state index contributed by atoms with van der Waals surface area (Å²) in [6.45, 7) is 6.67. The van der Waals surface area contributed by atoms with Crippen LogP contribution in [0.3, 0.4) is 0 Å². The normalized spacial score (nSPS) is 12.6. The predicted molar refractivity (Wildman–Crippen MR) is 176 cm³/mol. The molecule has 0 aliphatic heterocycles. The monoisotopic (exact) mass is 629 g/mol. The number of sulfonamides is 1. The van der Waals surface area contributed by atoms with Crippen LogP contribution in [0.4, 0.5) is 10.1 Å². The highest BCUT2D eigenvalue weighted by Crippen LogP contribution is 2.26. The fraction of sp³-hybridized carbons (Fsp3) is 0.278. The van der Waals surface area contributed by atoms with Gasteiger partial charge in [0, 0.05) is 24.6 Å². The lowest BCUT2D eigenvalue weighted by atomic mass is 10.0. The molecule has 2 amide bonds. The minimum Gasteiger partial charge on any atom is -0.352 e. The van der Waals surface area contributed by atoms with Crippen molar-refractivity contribution in [1.82, 2.24) is 10.2 Å². The Balaban J connectivity index is 1.82. The third-order valence-electron chi connectivity index (χ3n) is 7.75. The molecule has 0 aliphatic rings. The molecule has 0 aromatic heterocycles. The minimum atomic E-state index is -4.21. The van der Waals surface area contributed by atoms with Gasteiger partial charge in [0.1, 0.15) is 18.4 Å². The first-order valence-corrected chi connectivity index (χ1v) is 16.5. The molecule has 0 heterocycles. The first-order valence-electron chi connectivity index (χ1n) is 15.0. The average molecular weight is 630 g/mol. The molecule has 0 unspecified atom stereocenters. The van der Waals surface area contributed by atoms with Crippen LogP contribution in [0.5, 0.6) is 0 Å². The topological polar surface area (TPSA) is 86.8 Å². The summed E-state index contributed by atoms with van der Waals surface area (Å²) in [6, 6.07) is 27.4. The van der Waals surface area contributed by atoms with Crippen LogP contribution in [-0.4, -0.2) is 43.8 Å². The Bertz CT molecular complexity index is 1710. The van der Waals surface area contributed by atoms with Gasteiger partial charge in [-0.05, 0) is 68.7 Å². The van der Waals surface area contributed by atoms with E-state index in [0.29, 0.717) is 12.1 Å². The van der Waals surface area contributed by atoms with Crippen LogP contribution in [0, 0.1) is 19.7 Å². The molecule has 0 aliphatic carbocycles. The van der Waals surface area contributed by atoms with Crippen molar-refractivity contribution >= 4 is 27.5 Å². The summed E-state index contributed by atoms with van der Waals surface area (Å²) in [5.41, 5.74) is 3.01. The number of carbonyl (C=O) groups excluding carboxylic acids is 2. The first kappa shape index (κ1) is 33.4. The predicted octanol–water partition coefficient (Wildman–Crippen LogP) is 6.19. The second kappa shape index (κ2) is 15.0. The summed E-state index contributed by atoms with van der Waals surface area (Å²) in [5.74, 6) is -1.57. The Morgan fingerprint density at radius 3 is 2.16 bits per heavy atom. The lowest BCUT2D eigenvalue weighted by molar-refractivity contribution is -0.140. The van der Waals surface area contributed by atoms with Gasteiger partial charge in [-0.3, -0.25) is 13.9 Å². The highest BCUT2D eigenvalue weighted by atomic mass is 32.2. The molecule has 7 nitrogen and oxygen atoms in total. The number of benzene rings is 4. The molecule has 4 aromatic carbocycles. The van der Waals surface area contributed by atoms with Crippen molar-refractivity contribution in [3.8, 4) is 0 Å². The molecule has 236 valence electrons. The van der Waals surface area contributed by atoms with Crippen LogP contribution in [0.15, 0.2) is 108 Å². The van der Waals surface area contributed by atoms with Crippen molar-refractivity contribution in [2.75, 3.05) is 10.8 Å². The van der Waals surface area contributed by atoms with Crippen LogP contribution >= 0.6 is 0 Å². The van der Waals surface area contributed by atoms with E-state index in [1.165, 1.54) is 23.1 Å². The molecule has 4 rings (SSSR count). The molecule has 45 heavy (non-hydrogen) atoms. The Hall–Kier alpha value is -4.50. The van der Waals surface area contributed by atoms with E-state index in [0.717, 1.165) is 21.0 Å². The SMILES string of the molecule is CC[C@H](C)NC(=O)[C@H](Cc1ccccc1)N(Cc1ccccc1F)C(=O)CN(c1cccc(C)c1)S(=O)(=O)c1ccc(C)cc1. The molecule has 0 saturated carbocycles. The van der Waals surface area contributed by atoms with Crippen molar-refractivity contribution < 1.29 is 22.4 Å². The second-order valence-corrected chi connectivity index (χ2v) is 13.2. The van der Waals surface area contributed by atoms with Gasteiger partial charge in [0.15, 0.2) is 0 Å². The van der Waals surface area contributed by atoms with Crippen LogP contribution in [-0.2, 0) is 32.6 Å². The van der Waals surface area contributed by atoms with Gasteiger partial charge in [0.25, 0.3) is 10.0 Å². The van der Waals surface area contributed by atoms with Gasteiger partial charge in [0.05, 0.1) is 10.6 Å². The summed E-state index contributed by atoms with van der Waals surface area (Å²) in [7, 11) is -4.21. The molecule has 9 heteroatoms.